The van der Waals surface area contributed by atoms with Crippen LogP contribution in [0.5, 0.6) is 0 Å². The fraction of sp³-hybridized carbons (Fsp3) is 1.00. The maximum atomic E-state index is 11.7. The summed E-state index contributed by atoms with van der Waals surface area (Å²) in [5.74, 6) is 0.615. The van der Waals surface area contributed by atoms with Crippen molar-refractivity contribution in [3.05, 3.63) is 0 Å². The van der Waals surface area contributed by atoms with Crippen LogP contribution in [0.25, 0.3) is 0 Å². The zero-order chi connectivity index (χ0) is 13.2. The third-order valence-corrected chi connectivity index (χ3v) is 6.23. The van der Waals surface area contributed by atoms with Gasteiger partial charge in [0.2, 0.25) is 0 Å². The Hall–Kier alpha value is -0.170. The highest BCUT2D eigenvalue weighted by Crippen LogP contribution is 2.29. The molecule has 3 unspecified atom stereocenters. The fourth-order valence-corrected chi connectivity index (χ4v) is 5.29. The third-order valence-electron chi connectivity index (χ3n) is 4.41. The fourth-order valence-electron chi connectivity index (χ4n) is 3.26. The van der Waals surface area contributed by atoms with Crippen LogP contribution in [0.1, 0.15) is 32.1 Å². The van der Waals surface area contributed by atoms with E-state index in [0.717, 1.165) is 25.7 Å². The van der Waals surface area contributed by atoms with E-state index in [1.165, 1.54) is 0 Å². The second-order valence-corrected chi connectivity index (χ2v) is 7.99. The number of nitrogens with two attached hydrogens (primary N) is 1. The van der Waals surface area contributed by atoms with Crippen molar-refractivity contribution in [3.63, 3.8) is 0 Å². The minimum Gasteiger partial charge on any atom is -0.396 e. The van der Waals surface area contributed by atoms with Crippen LogP contribution in [0.2, 0.25) is 0 Å². The van der Waals surface area contributed by atoms with E-state index in [9.17, 15) is 13.5 Å². The van der Waals surface area contributed by atoms with Crippen molar-refractivity contribution in [2.45, 2.75) is 43.7 Å². The Balaban J connectivity index is 2.06. The van der Waals surface area contributed by atoms with E-state index in [1.54, 1.807) is 0 Å². The van der Waals surface area contributed by atoms with Gasteiger partial charge in [0.15, 0.2) is 9.84 Å². The molecule has 106 valence electrons. The van der Waals surface area contributed by atoms with Gasteiger partial charge in [0.1, 0.15) is 0 Å². The normalized spacial score (nSPS) is 39.9. The van der Waals surface area contributed by atoms with Gasteiger partial charge in [0.05, 0.1) is 11.5 Å². The van der Waals surface area contributed by atoms with E-state index in [-0.39, 0.29) is 30.1 Å². The standard InChI is InChI=1S/C12H24N2O3S/c13-8-12(5-6-18(16,17)9-12)14-11-4-2-1-3-10(11)7-15/h10-11,14-15H,1-9,13H2. The predicted molar refractivity (Wildman–Crippen MR) is 71.0 cm³/mol. The summed E-state index contributed by atoms with van der Waals surface area (Å²) in [6, 6.07) is 0.209. The Bertz CT molecular complexity index is 385. The molecule has 2 fully saturated rings. The van der Waals surface area contributed by atoms with Crippen LogP contribution in [-0.2, 0) is 9.84 Å². The molecule has 5 nitrogen and oxygen atoms in total. The van der Waals surface area contributed by atoms with Gasteiger partial charge in [-0.25, -0.2) is 8.42 Å². The van der Waals surface area contributed by atoms with Crippen LogP contribution in [0.3, 0.4) is 0 Å². The SMILES string of the molecule is NCC1(NC2CCCCC2CO)CCS(=O)(=O)C1. The summed E-state index contributed by atoms with van der Waals surface area (Å²) in [4.78, 5) is 0. The summed E-state index contributed by atoms with van der Waals surface area (Å²) >= 11 is 0. The molecule has 4 N–H and O–H groups in total. The first-order chi connectivity index (χ1) is 8.50. The molecular weight excluding hydrogens is 252 g/mol. The number of nitrogens with one attached hydrogen (secondary N) is 1. The number of hydrogen-bond donors (Lipinski definition) is 3. The summed E-state index contributed by atoms with van der Waals surface area (Å²) in [5.41, 5.74) is 5.34. The maximum Gasteiger partial charge on any atom is 0.152 e. The van der Waals surface area contributed by atoms with Crippen molar-refractivity contribution in [2.75, 3.05) is 24.7 Å². The van der Waals surface area contributed by atoms with E-state index in [4.69, 9.17) is 5.73 Å². The van der Waals surface area contributed by atoms with Crippen molar-refractivity contribution >= 4 is 9.84 Å². The molecule has 0 bridgehead atoms. The molecule has 0 aromatic carbocycles. The monoisotopic (exact) mass is 276 g/mol. The first-order valence-electron chi connectivity index (χ1n) is 6.79. The smallest absolute Gasteiger partial charge is 0.152 e. The van der Waals surface area contributed by atoms with Gasteiger partial charge in [0, 0.05) is 24.7 Å². The summed E-state index contributed by atoms with van der Waals surface area (Å²) in [5, 5.41) is 12.9. The first kappa shape index (κ1) is 14.2. The van der Waals surface area contributed by atoms with Crippen LogP contribution in [0, 0.1) is 5.92 Å². The highest BCUT2D eigenvalue weighted by atomic mass is 32.2. The quantitative estimate of drug-likeness (QED) is 0.652. The summed E-state index contributed by atoms with van der Waals surface area (Å²) in [6.45, 7) is 0.520. The minimum atomic E-state index is -2.95. The van der Waals surface area contributed by atoms with Gasteiger partial charge < -0.3 is 16.2 Å². The Morgan fingerprint density at radius 1 is 1.33 bits per heavy atom. The van der Waals surface area contributed by atoms with Crippen LogP contribution in [0.4, 0.5) is 0 Å². The average molecular weight is 276 g/mol. The maximum absolute atomic E-state index is 11.7. The molecule has 1 saturated heterocycles. The second-order valence-electron chi connectivity index (χ2n) is 5.80. The summed E-state index contributed by atoms with van der Waals surface area (Å²) in [7, 11) is -2.95. The van der Waals surface area contributed by atoms with Gasteiger partial charge in [-0.2, -0.15) is 0 Å². The predicted octanol–water partition coefficient (Wildman–Crippen LogP) is -0.357. The van der Waals surface area contributed by atoms with Gasteiger partial charge in [-0.15, -0.1) is 0 Å². The Kier molecular flexibility index (Phi) is 4.31. The Morgan fingerprint density at radius 3 is 2.61 bits per heavy atom. The largest absolute Gasteiger partial charge is 0.396 e. The molecule has 1 aliphatic carbocycles. The summed E-state index contributed by atoms with van der Waals surface area (Å²) < 4.78 is 23.3. The number of sulfone groups is 1. The number of aliphatic hydroxyl groups is 1. The van der Waals surface area contributed by atoms with E-state index in [1.807, 2.05) is 0 Å². The van der Waals surface area contributed by atoms with Crippen molar-refractivity contribution in [1.29, 1.82) is 0 Å². The van der Waals surface area contributed by atoms with Gasteiger partial charge in [-0.3, -0.25) is 0 Å². The molecular formula is C12H24N2O3S. The van der Waals surface area contributed by atoms with E-state index in [2.05, 4.69) is 5.32 Å². The lowest BCUT2D eigenvalue weighted by Gasteiger charge is -2.38. The second kappa shape index (κ2) is 5.45. The van der Waals surface area contributed by atoms with Crippen molar-refractivity contribution < 1.29 is 13.5 Å². The van der Waals surface area contributed by atoms with E-state index < -0.39 is 15.4 Å². The molecule has 6 heteroatoms. The zero-order valence-corrected chi connectivity index (χ0v) is 11.6. The van der Waals surface area contributed by atoms with Crippen LogP contribution < -0.4 is 11.1 Å². The molecule has 1 heterocycles. The Labute approximate surface area is 109 Å². The van der Waals surface area contributed by atoms with Gasteiger partial charge in [-0.05, 0) is 25.2 Å². The van der Waals surface area contributed by atoms with Gasteiger partial charge >= 0.3 is 0 Å². The molecule has 3 atom stereocenters. The molecule has 18 heavy (non-hydrogen) atoms. The van der Waals surface area contributed by atoms with E-state index >= 15 is 0 Å². The third kappa shape index (κ3) is 3.04. The van der Waals surface area contributed by atoms with Gasteiger partial charge in [0.25, 0.3) is 0 Å². The number of rotatable bonds is 4. The molecule has 0 spiro atoms. The van der Waals surface area contributed by atoms with E-state index in [0.29, 0.717) is 13.0 Å². The lowest BCUT2D eigenvalue weighted by atomic mass is 9.83. The van der Waals surface area contributed by atoms with Gasteiger partial charge in [-0.1, -0.05) is 12.8 Å². The number of aliphatic hydroxyl groups excluding tert-OH is 1. The molecule has 1 aliphatic heterocycles. The molecule has 1 saturated carbocycles. The van der Waals surface area contributed by atoms with Crippen molar-refractivity contribution in [2.24, 2.45) is 11.7 Å². The zero-order valence-electron chi connectivity index (χ0n) is 10.8. The lowest BCUT2D eigenvalue weighted by molar-refractivity contribution is 0.132. The molecule has 2 aliphatic rings. The molecule has 0 amide bonds. The van der Waals surface area contributed by atoms with Crippen LogP contribution in [0.15, 0.2) is 0 Å². The summed E-state index contributed by atoms with van der Waals surface area (Å²) in [6.07, 6.45) is 4.91. The average Bonchev–Trinajstić information content (AvgIpc) is 2.66. The molecule has 0 radical (unpaired) electrons. The molecule has 0 aromatic heterocycles. The molecule has 2 rings (SSSR count). The highest BCUT2D eigenvalue weighted by molar-refractivity contribution is 7.91. The lowest BCUT2D eigenvalue weighted by Crippen LogP contribution is -2.58. The Morgan fingerprint density at radius 2 is 2.06 bits per heavy atom. The topological polar surface area (TPSA) is 92.4 Å². The number of hydrogen-bond acceptors (Lipinski definition) is 5. The van der Waals surface area contributed by atoms with Crippen molar-refractivity contribution in [1.82, 2.24) is 5.32 Å². The highest BCUT2D eigenvalue weighted by Gasteiger charge is 2.43. The first-order valence-corrected chi connectivity index (χ1v) is 8.61. The van der Waals surface area contributed by atoms with Crippen LogP contribution in [-0.4, -0.2) is 49.8 Å². The molecule has 0 aromatic rings. The van der Waals surface area contributed by atoms with Crippen LogP contribution >= 0.6 is 0 Å². The van der Waals surface area contributed by atoms with Crippen molar-refractivity contribution in [3.8, 4) is 0 Å². The minimum absolute atomic E-state index is 0.144.